The minimum Gasteiger partial charge on any atom is -0.337 e. The van der Waals surface area contributed by atoms with E-state index in [0.717, 1.165) is 24.2 Å². The molecule has 110 valence electrons. The van der Waals surface area contributed by atoms with Crippen LogP contribution in [0, 0.1) is 5.82 Å². The van der Waals surface area contributed by atoms with E-state index in [2.05, 4.69) is 20.8 Å². The molecule has 1 aromatic heterocycles. The molecule has 1 saturated carbocycles. The second-order valence-corrected chi connectivity index (χ2v) is 4.98. The van der Waals surface area contributed by atoms with Crippen LogP contribution in [0.5, 0.6) is 0 Å². The first-order valence-corrected chi connectivity index (χ1v) is 6.79. The minimum atomic E-state index is -0.342. The third kappa shape index (κ3) is 3.77. The fourth-order valence-corrected chi connectivity index (χ4v) is 1.85. The van der Waals surface area contributed by atoms with E-state index in [9.17, 15) is 9.18 Å². The Morgan fingerprint density at radius 2 is 1.95 bits per heavy atom. The van der Waals surface area contributed by atoms with Crippen molar-refractivity contribution in [3.63, 3.8) is 0 Å². The summed E-state index contributed by atoms with van der Waals surface area (Å²) in [5.41, 5.74) is 0.820. The average Bonchev–Trinajstić information content (AvgIpc) is 3.23. The summed E-state index contributed by atoms with van der Waals surface area (Å²) < 4.78 is 17.8. The van der Waals surface area contributed by atoms with Crippen molar-refractivity contribution in [2.45, 2.75) is 31.8 Å². The highest BCUT2D eigenvalue weighted by Crippen LogP contribution is 2.37. The standard InChI is InChI=1S/C14H15FN4O2/c15-11-5-1-9(2-6-11)7-16-14(20)17-8-12-18-13(19-21-12)10-3-4-10/h1-2,5-6,10H,3-4,7-8H2,(H2,16,17,20). The summed E-state index contributed by atoms with van der Waals surface area (Å²) in [6, 6.07) is 5.61. The SMILES string of the molecule is O=C(NCc1ccc(F)cc1)NCc1nc(C2CC2)no1. The minimum absolute atomic E-state index is 0.189. The normalized spacial score (nSPS) is 14.0. The summed E-state index contributed by atoms with van der Waals surface area (Å²) in [4.78, 5) is 15.8. The van der Waals surface area contributed by atoms with Crippen LogP contribution in [0.3, 0.4) is 0 Å². The molecule has 0 bridgehead atoms. The largest absolute Gasteiger partial charge is 0.337 e. The number of amides is 2. The molecule has 21 heavy (non-hydrogen) atoms. The van der Waals surface area contributed by atoms with Gasteiger partial charge in [-0.3, -0.25) is 0 Å². The molecule has 2 N–H and O–H groups in total. The Hall–Kier alpha value is -2.44. The lowest BCUT2D eigenvalue weighted by Crippen LogP contribution is -2.34. The number of nitrogens with zero attached hydrogens (tertiary/aromatic N) is 2. The van der Waals surface area contributed by atoms with Gasteiger partial charge in [0.2, 0.25) is 5.89 Å². The molecule has 7 heteroatoms. The van der Waals surface area contributed by atoms with Gasteiger partial charge in [0.05, 0.1) is 6.54 Å². The van der Waals surface area contributed by atoms with E-state index in [-0.39, 0.29) is 18.4 Å². The lowest BCUT2D eigenvalue weighted by Gasteiger charge is -2.05. The van der Waals surface area contributed by atoms with Gasteiger partial charge in [-0.05, 0) is 30.5 Å². The number of hydrogen-bond donors (Lipinski definition) is 2. The molecule has 1 aromatic carbocycles. The van der Waals surface area contributed by atoms with Gasteiger partial charge < -0.3 is 15.2 Å². The lowest BCUT2D eigenvalue weighted by atomic mass is 10.2. The van der Waals surface area contributed by atoms with Crippen molar-refractivity contribution in [2.24, 2.45) is 0 Å². The van der Waals surface area contributed by atoms with Crippen LogP contribution >= 0.6 is 0 Å². The highest BCUT2D eigenvalue weighted by molar-refractivity contribution is 5.73. The number of carbonyl (C=O) groups excluding carboxylic acids is 1. The molecule has 6 nitrogen and oxygen atoms in total. The number of nitrogens with one attached hydrogen (secondary N) is 2. The van der Waals surface area contributed by atoms with Gasteiger partial charge in [-0.15, -0.1) is 0 Å². The number of carbonyl (C=O) groups is 1. The number of urea groups is 1. The van der Waals surface area contributed by atoms with Gasteiger partial charge in [-0.25, -0.2) is 9.18 Å². The average molecular weight is 290 g/mol. The lowest BCUT2D eigenvalue weighted by molar-refractivity contribution is 0.238. The monoisotopic (exact) mass is 290 g/mol. The zero-order chi connectivity index (χ0) is 14.7. The van der Waals surface area contributed by atoms with E-state index in [0.29, 0.717) is 18.4 Å². The second-order valence-electron chi connectivity index (χ2n) is 4.98. The van der Waals surface area contributed by atoms with Gasteiger partial charge in [-0.2, -0.15) is 4.98 Å². The fraction of sp³-hybridized carbons (Fsp3) is 0.357. The first kappa shape index (κ1) is 13.5. The molecule has 2 amide bonds. The number of rotatable bonds is 5. The summed E-state index contributed by atoms with van der Waals surface area (Å²) in [5.74, 6) is 1.24. The molecular formula is C14H15FN4O2. The maximum absolute atomic E-state index is 12.7. The van der Waals surface area contributed by atoms with Gasteiger partial charge in [-0.1, -0.05) is 17.3 Å². The van der Waals surface area contributed by atoms with Crippen LogP contribution in [-0.2, 0) is 13.1 Å². The second kappa shape index (κ2) is 5.90. The van der Waals surface area contributed by atoms with Gasteiger partial charge in [0.15, 0.2) is 5.82 Å². The Balaban J connectivity index is 1.42. The Labute approximate surface area is 120 Å². The number of aromatic nitrogens is 2. The molecule has 3 rings (SSSR count). The van der Waals surface area contributed by atoms with Crippen LogP contribution in [0.4, 0.5) is 9.18 Å². The van der Waals surface area contributed by atoms with E-state index in [1.165, 1.54) is 12.1 Å². The maximum Gasteiger partial charge on any atom is 0.315 e. The highest BCUT2D eigenvalue weighted by Gasteiger charge is 2.28. The smallest absolute Gasteiger partial charge is 0.315 e. The van der Waals surface area contributed by atoms with Crippen LogP contribution < -0.4 is 10.6 Å². The van der Waals surface area contributed by atoms with Gasteiger partial charge >= 0.3 is 6.03 Å². The van der Waals surface area contributed by atoms with E-state index < -0.39 is 0 Å². The molecule has 0 unspecified atom stereocenters. The predicted octanol–water partition coefficient (Wildman–Crippen LogP) is 2.09. The zero-order valence-corrected chi connectivity index (χ0v) is 11.3. The molecule has 1 aliphatic rings. The van der Waals surface area contributed by atoms with Gasteiger partial charge in [0.1, 0.15) is 5.82 Å². The van der Waals surface area contributed by atoms with Crippen molar-refractivity contribution >= 4 is 6.03 Å². The number of halogens is 1. The molecular weight excluding hydrogens is 275 g/mol. The Kier molecular flexibility index (Phi) is 3.81. The third-order valence-corrected chi connectivity index (χ3v) is 3.19. The molecule has 1 heterocycles. The molecule has 0 spiro atoms. The molecule has 0 aliphatic heterocycles. The van der Waals surface area contributed by atoms with Crippen molar-refractivity contribution < 1.29 is 13.7 Å². The third-order valence-electron chi connectivity index (χ3n) is 3.19. The molecule has 2 aromatic rings. The van der Waals surface area contributed by atoms with Gasteiger partial charge in [0, 0.05) is 12.5 Å². The quantitative estimate of drug-likeness (QED) is 0.883. The van der Waals surface area contributed by atoms with E-state index >= 15 is 0 Å². The van der Waals surface area contributed by atoms with Crippen LogP contribution in [-0.4, -0.2) is 16.2 Å². The van der Waals surface area contributed by atoms with Crippen molar-refractivity contribution in [1.29, 1.82) is 0 Å². The van der Waals surface area contributed by atoms with Crippen molar-refractivity contribution in [3.8, 4) is 0 Å². The molecule has 1 fully saturated rings. The van der Waals surface area contributed by atoms with Crippen LogP contribution in [0.15, 0.2) is 28.8 Å². The van der Waals surface area contributed by atoms with Crippen molar-refractivity contribution in [2.75, 3.05) is 0 Å². The summed E-state index contributed by atoms with van der Waals surface area (Å²) in [6.45, 7) is 0.512. The van der Waals surface area contributed by atoms with E-state index in [1.54, 1.807) is 12.1 Å². The fourth-order valence-electron chi connectivity index (χ4n) is 1.85. The summed E-state index contributed by atoms with van der Waals surface area (Å²) in [5, 5.41) is 9.17. The zero-order valence-electron chi connectivity index (χ0n) is 11.3. The van der Waals surface area contributed by atoms with E-state index in [4.69, 9.17) is 4.52 Å². The Bertz CT molecular complexity index is 622. The number of benzene rings is 1. The summed E-state index contributed by atoms with van der Waals surface area (Å²) in [7, 11) is 0. The van der Waals surface area contributed by atoms with Crippen LogP contribution in [0.1, 0.15) is 36.0 Å². The number of hydrogen-bond acceptors (Lipinski definition) is 4. The summed E-state index contributed by atoms with van der Waals surface area (Å²) in [6.07, 6.45) is 2.20. The van der Waals surface area contributed by atoms with Crippen LogP contribution in [0.2, 0.25) is 0 Å². The first-order chi connectivity index (χ1) is 10.2. The molecule has 0 saturated heterocycles. The molecule has 0 radical (unpaired) electrons. The Morgan fingerprint density at radius 1 is 1.24 bits per heavy atom. The van der Waals surface area contributed by atoms with Crippen molar-refractivity contribution in [1.82, 2.24) is 20.8 Å². The molecule has 0 atom stereocenters. The Morgan fingerprint density at radius 3 is 2.67 bits per heavy atom. The van der Waals surface area contributed by atoms with Gasteiger partial charge in [0.25, 0.3) is 0 Å². The summed E-state index contributed by atoms with van der Waals surface area (Å²) >= 11 is 0. The predicted molar refractivity (Wildman–Crippen MR) is 71.7 cm³/mol. The topological polar surface area (TPSA) is 80.0 Å². The van der Waals surface area contributed by atoms with Crippen LogP contribution in [0.25, 0.3) is 0 Å². The highest BCUT2D eigenvalue weighted by atomic mass is 19.1. The maximum atomic E-state index is 12.7. The van der Waals surface area contributed by atoms with E-state index in [1.807, 2.05) is 0 Å². The first-order valence-electron chi connectivity index (χ1n) is 6.79. The van der Waals surface area contributed by atoms with Crippen molar-refractivity contribution in [3.05, 3.63) is 47.4 Å². The molecule has 1 aliphatic carbocycles.